The molecule has 0 spiro atoms. The molecule has 0 fully saturated rings. The van der Waals surface area contributed by atoms with Gasteiger partial charge in [0.1, 0.15) is 5.03 Å². The predicted molar refractivity (Wildman–Crippen MR) is 79.8 cm³/mol. The highest BCUT2D eigenvalue weighted by atomic mass is 32.2. The van der Waals surface area contributed by atoms with Crippen molar-refractivity contribution in [3.8, 4) is 0 Å². The quantitative estimate of drug-likeness (QED) is 0.899. The summed E-state index contributed by atoms with van der Waals surface area (Å²) in [6.07, 6.45) is 2.81. The lowest BCUT2D eigenvalue weighted by atomic mass is 10.2. The van der Waals surface area contributed by atoms with Gasteiger partial charge < -0.3 is 10.2 Å². The van der Waals surface area contributed by atoms with Gasteiger partial charge in [0.25, 0.3) is 0 Å². The Kier molecular flexibility index (Phi) is 5.00. The molecule has 108 valence electrons. The zero-order valence-corrected chi connectivity index (χ0v) is 12.6. The van der Waals surface area contributed by atoms with E-state index in [-0.39, 0.29) is 23.5 Å². The topological polar surface area (TPSA) is 62.3 Å². The first kappa shape index (κ1) is 14.8. The van der Waals surface area contributed by atoms with Crippen molar-refractivity contribution in [3.05, 3.63) is 18.3 Å². The fraction of sp³-hybridized carbons (Fsp3) is 0.500. The molecule has 1 unspecified atom stereocenters. The summed E-state index contributed by atoms with van der Waals surface area (Å²) in [6.45, 7) is 5.17. The number of aromatic nitrogens is 1. The minimum Gasteiger partial charge on any atom is -0.356 e. The Morgan fingerprint density at radius 1 is 1.50 bits per heavy atom. The summed E-state index contributed by atoms with van der Waals surface area (Å²) < 4.78 is 0. The molecule has 0 radical (unpaired) electrons. The van der Waals surface area contributed by atoms with Crippen molar-refractivity contribution in [3.63, 3.8) is 0 Å². The van der Waals surface area contributed by atoms with E-state index in [0.717, 1.165) is 17.1 Å². The standard InChI is InChI=1S/C14H19N3O2S/c1-3-7-15-12(18)9-11-14(19)17(4-2)10-6-5-8-16-13(10)20-11/h5-6,8,11H,3-4,7,9H2,1-2H3,(H,15,18). The maximum absolute atomic E-state index is 12.4. The summed E-state index contributed by atoms with van der Waals surface area (Å²) in [5.74, 6) is -0.0854. The predicted octanol–water partition coefficient (Wildman–Crippen LogP) is 1.83. The molecule has 0 aromatic carbocycles. The molecule has 1 aromatic heterocycles. The average Bonchev–Trinajstić information content (AvgIpc) is 2.46. The van der Waals surface area contributed by atoms with Crippen molar-refractivity contribution < 1.29 is 9.59 Å². The lowest BCUT2D eigenvalue weighted by Crippen LogP contribution is -2.43. The molecular formula is C14H19N3O2S. The molecule has 2 amide bonds. The molecule has 1 aliphatic heterocycles. The Balaban J connectivity index is 2.13. The van der Waals surface area contributed by atoms with E-state index in [1.54, 1.807) is 11.1 Å². The van der Waals surface area contributed by atoms with Crippen LogP contribution in [0.4, 0.5) is 5.69 Å². The van der Waals surface area contributed by atoms with Gasteiger partial charge in [-0.3, -0.25) is 9.59 Å². The average molecular weight is 293 g/mol. The number of thioether (sulfide) groups is 1. The number of anilines is 1. The fourth-order valence-corrected chi connectivity index (χ4v) is 3.27. The number of amides is 2. The SMILES string of the molecule is CCCNC(=O)CC1Sc2ncccc2N(CC)C1=O. The lowest BCUT2D eigenvalue weighted by molar-refractivity contribution is -0.124. The van der Waals surface area contributed by atoms with Crippen molar-refractivity contribution >= 4 is 29.3 Å². The van der Waals surface area contributed by atoms with E-state index in [0.29, 0.717) is 13.1 Å². The van der Waals surface area contributed by atoms with Crippen LogP contribution in [-0.2, 0) is 9.59 Å². The van der Waals surface area contributed by atoms with E-state index in [1.165, 1.54) is 11.8 Å². The van der Waals surface area contributed by atoms with Crippen LogP contribution in [0.5, 0.6) is 0 Å². The Labute approximate surface area is 123 Å². The highest BCUT2D eigenvalue weighted by Crippen LogP contribution is 2.38. The second-order valence-corrected chi connectivity index (χ2v) is 5.76. The van der Waals surface area contributed by atoms with Crippen molar-refractivity contribution in [1.29, 1.82) is 0 Å². The van der Waals surface area contributed by atoms with E-state index in [9.17, 15) is 9.59 Å². The van der Waals surface area contributed by atoms with Gasteiger partial charge in [0.15, 0.2) is 0 Å². The molecule has 1 atom stereocenters. The first-order chi connectivity index (χ1) is 9.67. The number of rotatable bonds is 5. The molecule has 0 bridgehead atoms. The molecular weight excluding hydrogens is 274 g/mol. The molecule has 5 nitrogen and oxygen atoms in total. The van der Waals surface area contributed by atoms with Crippen molar-refractivity contribution in [1.82, 2.24) is 10.3 Å². The zero-order chi connectivity index (χ0) is 14.5. The third kappa shape index (κ3) is 3.12. The van der Waals surface area contributed by atoms with E-state index in [2.05, 4.69) is 10.3 Å². The van der Waals surface area contributed by atoms with Crippen molar-refractivity contribution in [2.75, 3.05) is 18.0 Å². The van der Waals surface area contributed by atoms with Crippen LogP contribution in [0.15, 0.2) is 23.4 Å². The van der Waals surface area contributed by atoms with Gasteiger partial charge in [-0.1, -0.05) is 18.7 Å². The summed E-state index contributed by atoms with van der Waals surface area (Å²) in [7, 11) is 0. The second kappa shape index (κ2) is 6.74. The summed E-state index contributed by atoms with van der Waals surface area (Å²) in [5, 5.41) is 3.25. The Hall–Kier alpha value is -1.56. The molecule has 20 heavy (non-hydrogen) atoms. The van der Waals surface area contributed by atoms with Gasteiger partial charge in [-0.2, -0.15) is 0 Å². The highest BCUT2D eigenvalue weighted by Gasteiger charge is 2.34. The van der Waals surface area contributed by atoms with Crippen LogP contribution in [0.2, 0.25) is 0 Å². The van der Waals surface area contributed by atoms with Crippen molar-refractivity contribution in [2.24, 2.45) is 0 Å². The number of nitrogens with zero attached hydrogens (tertiary/aromatic N) is 2. The normalized spacial score (nSPS) is 17.8. The number of carbonyl (C=O) groups excluding carboxylic acids is 2. The molecule has 0 saturated heterocycles. The third-order valence-electron chi connectivity index (χ3n) is 3.10. The van der Waals surface area contributed by atoms with E-state index in [1.807, 2.05) is 26.0 Å². The highest BCUT2D eigenvalue weighted by molar-refractivity contribution is 8.00. The van der Waals surface area contributed by atoms with Gasteiger partial charge in [0, 0.05) is 25.7 Å². The van der Waals surface area contributed by atoms with Crippen LogP contribution < -0.4 is 10.2 Å². The zero-order valence-electron chi connectivity index (χ0n) is 11.8. The number of nitrogens with one attached hydrogen (secondary N) is 1. The number of hydrogen-bond donors (Lipinski definition) is 1. The second-order valence-electron chi connectivity index (χ2n) is 4.57. The summed E-state index contributed by atoms with van der Waals surface area (Å²) in [4.78, 5) is 30.2. The van der Waals surface area contributed by atoms with E-state index in [4.69, 9.17) is 0 Å². The maximum atomic E-state index is 12.4. The van der Waals surface area contributed by atoms with Crippen LogP contribution >= 0.6 is 11.8 Å². The molecule has 1 aliphatic rings. The van der Waals surface area contributed by atoms with Crippen LogP contribution in [0.1, 0.15) is 26.7 Å². The first-order valence-corrected chi connectivity index (χ1v) is 7.75. The smallest absolute Gasteiger partial charge is 0.241 e. The molecule has 2 rings (SSSR count). The Bertz CT molecular complexity index is 507. The first-order valence-electron chi connectivity index (χ1n) is 6.87. The number of pyridine rings is 1. The molecule has 0 saturated carbocycles. The molecule has 0 aliphatic carbocycles. The Morgan fingerprint density at radius 2 is 2.30 bits per heavy atom. The summed E-state index contributed by atoms with van der Waals surface area (Å²) >= 11 is 1.38. The third-order valence-corrected chi connectivity index (χ3v) is 4.29. The minimum absolute atomic E-state index is 0.00958. The minimum atomic E-state index is -0.380. The molecule has 1 aromatic rings. The number of fused-ring (bicyclic) bond motifs is 1. The summed E-state index contributed by atoms with van der Waals surface area (Å²) in [5.41, 5.74) is 0.843. The monoisotopic (exact) mass is 293 g/mol. The number of carbonyl (C=O) groups is 2. The lowest BCUT2D eigenvalue weighted by Gasteiger charge is -2.31. The Morgan fingerprint density at radius 3 is 3.00 bits per heavy atom. The fourth-order valence-electron chi connectivity index (χ4n) is 2.12. The van der Waals surface area contributed by atoms with Gasteiger partial charge in [0.2, 0.25) is 11.8 Å². The number of hydrogen-bond acceptors (Lipinski definition) is 4. The van der Waals surface area contributed by atoms with Crippen LogP contribution in [0, 0.1) is 0 Å². The molecule has 2 heterocycles. The molecule has 1 N–H and O–H groups in total. The maximum Gasteiger partial charge on any atom is 0.241 e. The van der Waals surface area contributed by atoms with E-state index < -0.39 is 0 Å². The van der Waals surface area contributed by atoms with Gasteiger partial charge in [-0.05, 0) is 25.5 Å². The largest absolute Gasteiger partial charge is 0.356 e. The van der Waals surface area contributed by atoms with Crippen molar-refractivity contribution in [2.45, 2.75) is 37.0 Å². The van der Waals surface area contributed by atoms with Gasteiger partial charge in [-0.25, -0.2) is 4.98 Å². The summed E-state index contributed by atoms with van der Waals surface area (Å²) in [6, 6.07) is 3.72. The van der Waals surface area contributed by atoms with Gasteiger partial charge >= 0.3 is 0 Å². The molecule has 6 heteroatoms. The van der Waals surface area contributed by atoms with Crippen LogP contribution in [0.3, 0.4) is 0 Å². The van der Waals surface area contributed by atoms with Gasteiger partial charge in [-0.15, -0.1) is 0 Å². The van der Waals surface area contributed by atoms with Gasteiger partial charge in [0.05, 0.1) is 10.9 Å². The van der Waals surface area contributed by atoms with Crippen LogP contribution in [-0.4, -0.2) is 35.1 Å². The van der Waals surface area contributed by atoms with Crippen LogP contribution in [0.25, 0.3) is 0 Å². The van der Waals surface area contributed by atoms with E-state index >= 15 is 0 Å².